The molecule has 35 heavy (non-hydrogen) atoms. The molecule has 0 bridgehead atoms. The van der Waals surface area contributed by atoms with E-state index in [2.05, 4.69) is 0 Å². The molecular formula is C29H26F3NO2. The molecule has 3 nitrogen and oxygen atoms in total. The molecule has 0 aliphatic carbocycles. The van der Waals surface area contributed by atoms with Gasteiger partial charge in [-0.3, -0.25) is 0 Å². The molecule has 0 heterocycles. The summed E-state index contributed by atoms with van der Waals surface area (Å²) in [4.78, 5) is 0. The molecule has 4 aromatic rings. The molecule has 0 aliphatic heterocycles. The molecule has 0 spiro atoms. The van der Waals surface area contributed by atoms with Crippen molar-refractivity contribution in [3.05, 3.63) is 113 Å². The van der Waals surface area contributed by atoms with Crippen LogP contribution in [0.25, 0.3) is 16.3 Å². The van der Waals surface area contributed by atoms with Gasteiger partial charge in [0.05, 0.1) is 0 Å². The fourth-order valence-corrected chi connectivity index (χ4v) is 4.21. The molecule has 180 valence electrons. The number of rotatable bonds is 6. The van der Waals surface area contributed by atoms with Crippen LogP contribution in [0.1, 0.15) is 35.1 Å². The quantitative estimate of drug-likeness (QED) is 0.303. The van der Waals surface area contributed by atoms with Crippen LogP contribution < -0.4 is 10.5 Å². The van der Waals surface area contributed by atoms with Gasteiger partial charge < -0.3 is 15.6 Å². The van der Waals surface area contributed by atoms with Crippen LogP contribution in [0.3, 0.4) is 0 Å². The lowest BCUT2D eigenvalue weighted by Gasteiger charge is -2.23. The van der Waals surface area contributed by atoms with Gasteiger partial charge in [0.25, 0.3) is 0 Å². The lowest BCUT2D eigenvalue weighted by atomic mass is 9.84. The molecule has 0 radical (unpaired) electrons. The maximum atomic E-state index is 13.8. The van der Waals surface area contributed by atoms with E-state index in [-0.39, 0.29) is 11.3 Å². The van der Waals surface area contributed by atoms with Gasteiger partial charge >= 0.3 is 6.18 Å². The van der Waals surface area contributed by atoms with Crippen molar-refractivity contribution < 1.29 is 23.0 Å². The van der Waals surface area contributed by atoms with E-state index < -0.39 is 17.8 Å². The fourth-order valence-electron chi connectivity index (χ4n) is 4.21. The van der Waals surface area contributed by atoms with Crippen molar-refractivity contribution in [2.75, 3.05) is 0 Å². The minimum Gasteiger partial charge on any atom is -0.508 e. The van der Waals surface area contributed by atoms with E-state index in [1.165, 1.54) is 6.07 Å². The number of ether oxygens (including phenoxy) is 1. The molecule has 1 atom stereocenters. The van der Waals surface area contributed by atoms with Gasteiger partial charge in [-0.25, -0.2) is 0 Å². The summed E-state index contributed by atoms with van der Waals surface area (Å²) in [6, 6.07) is 24.9. The summed E-state index contributed by atoms with van der Waals surface area (Å²) < 4.78 is 47.3. The van der Waals surface area contributed by atoms with E-state index >= 15 is 0 Å². The Bertz CT molecular complexity index is 1370. The summed E-state index contributed by atoms with van der Waals surface area (Å²) in [6.07, 6.45) is -4.73. The number of alkyl halides is 3. The number of aryl methyl sites for hydroxylation is 1. The van der Waals surface area contributed by atoms with Gasteiger partial charge in [0.15, 0.2) is 0 Å². The Morgan fingerprint density at radius 3 is 2.31 bits per heavy atom. The number of hydrogen-bond acceptors (Lipinski definition) is 3. The predicted octanol–water partition coefficient (Wildman–Crippen LogP) is 7.47. The van der Waals surface area contributed by atoms with E-state index in [9.17, 15) is 18.3 Å². The van der Waals surface area contributed by atoms with Crippen LogP contribution in [0.5, 0.6) is 11.5 Å². The lowest BCUT2D eigenvalue weighted by Crippen LogP contribution is -2.23. The third kappa shape index (κ3) is 5.27. The second-order valence-corrected chi connectivity index (χ2v) is 8.57. The van der Waals surface area contributed by atoms with Crippen LogP contribution in [0, 0.1) is 6.92 Å². The molecular weight excluding hydrogens is 451 g/mol. The number of nitrogens with two attached hydrogens (primary N) is 1. The van der Waals surface area contributed by atoms with Crippen molar-refractivity contribution in [2.45, 2.75) is 32.5 Å². The predicted molar refractivity (Wildman–Crippen MR) is 133 cm³/mol. The zero-order valence-electron chi connectivity index (χ0n) is 19.4. The Labute approximate surface area is 202 Å². The highest BCUT2D eigenvalue weighted by molar-refractivity contribution is 5.96. The largest absolute Gasteiger partial charge is 0.508 e. The number of benzene rings is 4. The van der Waals surface area contributed by atoms with Crippen LogP contribution >= 0.6 is 0 Å². The normalized spacial score (nSPS) is 13.4. The minimum atomic E-state index is -4.73. The molecule has 0 fully saturated rings. The first-order chi connectivity index (χ1) is 16.6. The van der Waals surface area contributed by atoms with Gasteiger partial charge in [-0.2, -0.15) is 13.2 Å². The summed E-state index contributed by atoms with van der Waals surface area (Å²) in [5.41, 5.74) is 7.24. The van der Waals surface area contributed by atoms with Crippen molar-refractivity contribution in [3.8, 4) is 11.5 Å². The van der Waals surface area contributed by atoms with Crippen molar-refractivity contribution in [1.29, 1.82) is 0 Å². The Morgan fingerprint density at radius 2 is 1.63 bits per heavy atom. The Kier molecular flexibility index (Phi) is 6.74. The third-order valence-corrected chi connectivity index (χ3v) is 6.10. The number of phenols is 1. The zero-order chi connectivity index (χ0) is 25.2. The fraction of sp³-hybridized carbons (Fsp3) is 0.172. The summed E-state index contributed by atoms with van der Waals surface area (Å²) in [6.45, 7) is 3.91. The highest BCUT2D eigenvalue weighted by atomic mass is 19.4. The van der Waals surface area contributed by atoms with Gasteiger partial charge in [0, 0.05) is 17.5 Å². The second-order valence-electron chi connectivity index (χ2n) is 8.57. The smallest absolute Gasteiger partial charge is 0.431 e. The van der Waals surface area contributed by atoms with Crippen LogP contribution in [0.2, 0.25) is 0 Å². The van der Waals surface area contributed by atoms with Crippen molar-refractivity contribution in [1.82, 2.24) is 0 Å². The van der Waals surface area contributed by atoms with Crippen LogP contribution in [-0.4, -0.2) is 11.3 Å². The maximum absolute atomic E-state index is 13.8. The van der Waals surface area contributed by atoms with Crippen molar-refractivity contribution >= 4 is 16.3 Å². The van der Waals surface area contributed by atoms with Gasteiger partial charge in [0.1, 0.15) is 23.8 Å². The molecule has 0 saturated carbocycles. The Balaban J connectivity index is 1.71. The highest BCUT2D eigenvalue weighted by Gasteiger charge is 2.37. The number of hydrogen-bond donors (Lipinski definition) is 2. The zero-order valence-corrected chi connectivity index (χ0v) is 19.4. The van der Waals surface area contributed by atoms with Gasteiger partial charge in [-0.15, -0.1) is 0 Å². The van der Waals surface area contributed by atoms with Gasteiger partial charge in [0.2, 0.25) is 0 Å². The van der Waals surface area contributed by atoms with E-state index in [0.717, 1.165) is 16.5 Å². The number of halogens is 3. The van der Waals surface area contributed by atoms with Crippen LogP contribution in [0.15, 0.2) is 90.6 Å². The van der Waals surface area contributed by atoms with Crippen molar-refractivity contribution in [2.24, 2.45) is 5.73 Å². The molecule has 4 aromatic carbocycles. The molecule has 0 aliphatic rings. The lowest BCUT2D eigenvalue weighted by molar-refractivity contribution is -0.0922. The van der Waals surface area contributed by atoms with E-state index in [0.29, 0.717) is 28.9 Å². The molecule has 4 rings (SSSR count). The van der Waals surface area contributed by atoms with Crippen LogP contribution in [-0.2, 0) is 6.61 Å². The van der Waals surface area contributed by atoms with E-state index in [4.69, 9.17) is 10.5 Å². The van der Waals surface area contributed by atoms with Gasteiger partial charge in [-0.05, 0) is 40.5 Å². The standard InChI is InChI=1S/C29H26F3NO2/c1-18-10-12-20(13-11-18)17-35-22-14-15-23(26(34)16-22)19(2)27(28(33)29(30,31)32)25-9-5-7-21-6-3-4-8-24(21)25/h3-16,19,34H,17,33H2,1-2H3/b28-27+. The molecule has 6 heteroatoms. The monoisotopic (exact) mass is 477 g/mol. The summed E-state index contributed by atoms with van der Waals surface area (Å²) in [5, 5.41) is 12.2. The Morgan fingerprint density at radius 1 is 0.943 bits per heavy atom. The SMILES string of the molecule is Cc1ccc(COc2ccc(C(C)/C(=C(\N)C(F)(F)F)c3cccc4ccccc34)c(O)c2)cc1. The summed E-state index contributed by atoms with van der Waals surface area (Å²) >= 11 is 0. The topological polar surface area (TPSA) is 55.5 Å². The molecule has 3 N–H and O–H groups in total. The number of allylic oxidation sites excluding steroid dienone is 2. The number of aromatic hydroxyl groups is 1. The first-order valence-corrected chi connectivity index (χ1v) is 11.2. The number of phenolic OH excluding ortho intramolecular Hbond substituents is 1. The Hall–Kier alpha value is -3.93. The van der Waals surface area contributed by atoms with Gasteiger partial charge in [-0.1, -0.05) is 85.3 Å². The average molecular weight is 478 g/mol. The molecule has 0 saturated heterocycles. The first-order valence-electron chi connectivity index (χ1n) is 11.2. The minimum absolute atomic E-state index is 0.0853. The number of fused-ring (bicyclic) bond motifs is 1. The third-order valence-electron chi connectivity index (χ3n) is 6.10. The summed E-state index contributed by atoms with van der Waals surface area (Å²) in [5.74, 6) is -0.585. The first kappa shape index (κ1) is 24.2. The van der Waals surface area contributed by atoms with Crippen molar-refractivity contribution in [3.63, 3.8) is 0 Å². The second kappa shape index (κ2) is 9.74. The summed E-state index contributed by atoms with van der Waals surface area (Å²) in [7, 11) is 0. The molecule has 0 aromatic heterocycles. The van der Waals surface area contributed by atoms with Crippen LogP contribution in [0.4, 0.5) is 13.2 Å². The molecule has 1 unspecified atom stereocenters. The molecule has 0 amide bonds. The average Bonchev–Trinajstić information content (AvgIpc) is 2.83. The highest BCUT2D eigenvalue weighted by Crippen LogP contribution is 2.43. The maximum Gasteiger partial charge on any atom is 0.431 e. The van der Waals surface area contributed by atoms with E-state index in [1.807, 2.05) is 49.4 Å². The van der Waals surface area contributed by atoms with E-state index in [1.54, 1.807) is 43.3 Å².